The Labute approximate surface area is 207 Å². The normalized spacial score (nSPS) is 13.4. The Morgan fingerprint density at radius 3 is 2.82 bits per heavy atom. The number of anilines is 1. The Morgan fingerprint density at radius 2 is 2.06 bits per heavy atom. The Hall–Kier alpha value is -2.14. The van der Waals surface area contributed by atoms with Gasteiger partial charge in [0, 0.05) is 16.4 Å². The van der Waals surface area contributed by atoms with Crippen molar-refractivity contribution in [1.29, 1.82) is 0 Å². The molecular formula is C22H22ClN3O4S3. The number of nitrogens with one attached hydrogen (secondary N) is 1. The lowest BCUT2D eigenvalue weighted by Crippen LogP contribution is -2.18. The molecule has 1 aromatic carbocycles. The Morgan fingerprint density at radius 1 is 1.24 bits per heavy atom. The minimum atomic E-state index is -0.430. The molecule has 0 saturated heterocycles. The first-order valence-corrected chi connectivity index (χ1v) is 13.5. The van der Waals surface area contributed by atoms with E-state index in [0.717, 1.165) is 39.9 Å². The van der Waals surface area contributed by atoms with Crippen molar-refractivity contribution < 1.29 is 19.1 Å². The summed E-state index contributed by atoms with van der Waals surface area (Å²) in [6.07, 6.45) is 2.73. The van der Waals surface area contributed by atoms with Crippen LogP contribution in [-0.4, -0.2) is 41.0 Å². The van der Waals surface area contributed by atoms with Gasteiger partial charge in [0.05, 0.1) is 34.4 Å². The van der Waals surface area contributed by atoms with Crippen LogP contribution in [0.1, 0.15) is 34.1 Å². The number of thiophene rings is 1. The van der Waals surface area contributed by atoms with Gasteiger partial charge >= 0.3 is 5.97 Å². The van der Waals surface area contributed by atoms with Crippen molar-refractivity contribution in [3.63, 3.8) is 0 Å². The lowest BCUT2D eigenvalue weighted by atomic mass is 10.1. The van der Waals surface area contributed by atoms with Crippen LogP contribution < -0.4 is 10.1 Å². The molecule has 0 fully saturated rings. The monoisotopic (exact) mass is 523 g/mol. The number of aromatic nitrogens is 1. The number of hydrogen-bond acceptors (Lipinski definition) is 7. The largest absolute Gasteiger partial charge is 0.465 e. The third-order valence-electron chi connectivity index (χ3n) is 5.20. The Kier molecular flexibility index (Phi) is 7.58. The van der Waals surface area contributed by atoms with Crippen LogP contribution in [0.3, 0.4) is 0 Å². The average Bonchev–Trinajstić information content (AvgIpc) is 3.45. The summed E-state index contributed by atoms with van der Waals surface area (Å²) < 4.78 is 7.84. The van der Waals surface area contributed by atoms with Crippen LogP contribution in [-0.2, 0) is 33.7 Å². The van der Waals surface area contributed by atoms with Gasteiger partial charge in [0.1, 0.15) is 5.00 Å². The number of thiazole rings is 1. The first kappa shape index (κ1) is 24.0. The summed E-state index contributed by atoms with van der Waals surface area (Å²) in [6, 6.07) is 5.60. The molecule has 2 heterocycles. The molecule has 174 valence electrons. The number of halogens is 1. The highest BCUT2D eigenvalue weighted by Crippen LogP contribution is 2.39. The van der Waals surface area contributed by atoms with Crippen molar-refractivity contribution in [2.24, 2.45) is 4.99 Å². The van der Waals surface area contributed by atoms with E-state index in [1.807, 2.05) is 29.7 Å². The number of carbonyl (C=O) groups excluding carboxylic acids is 3. The molecule has 2 aromatic heterocycles. The van der Waals surface area contributed by atoms with Crippen molar-refractivity contribution in [2.75, 3.05) is 23.9 Å². The van der Waals surface area contributed by atoms with E-state index in [0.29, 0.717) is 26.9 Å². The van der Waals surface area contributed by atoms with Gasteiger partial charge in [0.15, 0.2) is 4.80 Å². The highest BCUT2D eigenvalue weighted by Gasteiger charge is 2.28. The summed E-state index contributed by atoms with van der Waals surface area (Å²) in [7, 11) is 1.34. The number of carbonyl (C=O) groups is 3. The summed E-state index contributed by atoms with van der Waals surface area (Å²) in [6.45, 7) is 2.67. The van der Waals surface area contributed by atoms with Gasteiger partial charge in [-0.25, -0.2) is 4.79 Å². The van der Waals surface area contributed by atoms with Gasteiger partial charge in [-0.3, -0.25) is 9.59 Å². The molecule has 1 aliphatic rings. The molecule has 0 saturated carbocycles. The highest BCUT2D eigenvalue weighted by molar-refractivity contribution is 8.00. The zero-order chi connectivity index (χ0) is 23.5. The number of ether oxygens (including phenoxy) is 1. The second-order valence-corrected chi connectivity index (χ2v) is 10.9. The van der Waals surface area contributed by atoms with E-state index >= 15 is 0 Å². The molecular weight excluding hydrogens is 502 g/mol. The highest BCUT2D eigenvalue weighted by atomic mass is 35.5. The number of hydrogen-bond donors (Lipinski definition) is 1. The van der Waals surface area contributed by atoms with E-state index in [2.05, 4.69) is 10.3 Å². The lowest BCUT2D eigenvalue weighted by molar-refractivity contribution is -0.115. The summed E-state index contributed by atoms with van der Waals surface area (Å²) in [4.78, 5) is 43.1. The maximum absolute atomic E-state index is 12.5. The molecule has 0 spiro atoms. The molecule has 0 aliphatic heterocycles. The van der Waals surface area contributed by atoms with Crippen LogP contribution in [0.25, 0.3) is 10.2 Å². The van der Waals surface area contributed by atoms with E-state index in [9.17, 15) is 14.4 Å². The van der Waals surface area contributed by atoms with Crippen molar-refractivity contribution >= 4 is 79.0 Å². The molecule has 4 rings (SSSR count). The van der Waals surface area contributed by atoms with Gasteiger partial charge in [-0.15, -0.1) is 23.1 Å². The van der Waals surface area contributed by atoms with Gasteiger partial charge in [0.25, 0.3) is 5.91 Å². The van der Waals surface area contributed by atoms with Crippen LogP contribution in [0.2, 0.25) is 5.02 Å². The molecule has 11 heteroatoms. The number of benzene rings is 1. The maximum Gasteiger partial charge on any atom is 0.341 e. The molecule has 0 unspecified atom stereocenters. The predicted molar refractivity (Wildman–Crippen MR) is 135 cm³/mol. The number of fused-ring (bicyclic) bond motifs is 2. The second kappa shape index (κ2) is 10.4. The first-order valence-electron chi connectivity index (χ1n) is 10.4. The van der Waals surface area contributed by atoms with Crippen LogP contribution in [0.5, 0.6) is 0 Å². The molecule has 2 amide bonds. The molecule has 0 bridgehead atoms. The standard InChI is InChI=1S/C22H22ClN3O4S3/c1-3-26-14-8-7-12(23)9-16(14)33-22(26)25-18(28)11-31-10-17(27)24-20-19(21(29)30-2)13-5-4-6-15(13)32-20/h7-9H,3-6,10-11H2,1-2H3,(H,24,27). The molecule has 7 nitrogen and oxygen atoms in total. The lowest BCUT2D eigenvalue weighted by Gasteiger charge is -2.06. The van der Waals surface area contributed by atoms with Crippen LogP contribution in [0.15, 0.2) is 23.2 Å². The van der Waals surface area contributed by atoms with Crippen LogP contribution in [0.4, 0.5) is 5.00 Å². The topological polar surface area (TPSA) is 89.8 Å². The van der Waals surface area contributed by atoms with E-state index in [1.165, 1.54) is 41.5 Å². The molecule has 0 atom stereocenters. The van der Waals surface area contributed by atoms with Gasteiger partial charge in [-0.2, -0.15) is 4.99 Å². The first-order chi connectivity index (χ1) is 15.9. The minimum absolute atomic E-state index is 0.0803. The Bertz CT molecular complexity index is 1310. The predicted octanol–water partition coefficient (Wildman–Crippen LogP) is 4.51. The van der Waals surface area contributed by atoms with Crippen molar-refractivity contribution in [3.8, 4) is 0 Å². The number of methoxy groups -OCH3 is 1. The smallest absolute Gasteiger partial charge is 0.341 e. The number of aryl methyl sites for hydroxylation is 2. The minimum Gasteiger partial charge on any atom is -0.465 e. The SMILES string of the molecule is CCn1c(=NC(=O)CSCC(=O)Nc2sc3c(c2C(=O)OC)CCC3)sc2cc(Cl)ccc21. The third kappa shape index (κ3) is 5.18. The average molecular weight is 524 g/mol. The van der Waals surface area contributed by atoms with Crippen LogP contribution >= 0.6 is 46.0 Å². The molecule has 1 N–H and O–H groups in total. The van der Waals surface area contributed by atoms with E-state index in [4.69, 9.17) is 16.3 Å². The fraction of sp³-hybridized carbons (Fsp3) is 0.364. The van der Waals surface area contributed by atoms with Gasteiger partial charge in [-0.05, 0) is 49.9 Å². The maximum atomic E-state index is 12.5. The van der Waals surface area contributed by atoms with E-state index < -0.39 is 5.97 Å². The fourth-order valence-corrected chi connectivity index (χ4v) is 7.06. The molecule has 1 aliphatic carbocycles. The third-order valence-corrected chi connectivity index (χ3v) is 8.60. The van der Waals surface area contributed by atoms with Gasteiger partial charge < -0.3 is 14.6 Å². The van der Waals surface area contributed by atoms with Crippen molar-refractivity contribution in [3.05, 3.63) is 44.0 Å². The number of nitrogens with zero attached hydrogens (tertiary/aromatic N) is 2. The summed E-state index contributed by atoms with van der Waals surface area (Å²) in [5, 5.41) is 3.99. The summed E-state index contributed by atoms with van der Waals surface area (Å²) in [5.74, 6) is -0.840. The summed E-state index contributed by atoms with van der Waals surface area (Å²) >= 11 is 10.1. The number of thioether (sulfide) groups is 1. The quantitative estimate of drug-likeness (QED) is 0.460. The van der Waals surface area contributed by atoms with E-state index in [-0.39, 0.29) is 23.3 Å². The number of amides is 2. The fourth-order valence-electron chi connectivity index (χ4n) is 3.78. The zero-order valence-electron chi connectivity index (χ0n) is 18.1. The van der Waals surface area contributed by atoms with E-state index in [1.54, 1.807) is 0 Å². The van der Waals surface area contributed by atoms with Crippen molar-refractivity contribution in [2.45, 2.75) is 32.7 Å². The van der Waals surface area contributed by atoms with Gasteiger partial charge in [-0.1, -0.05) is 22.9 Å². The zero-order valence-corrected chi connectivity index (χ0v) is 21.3. The van der Waals surface area contributed by atoms with Crippen molar-refractivity contribution in [1.82, 2.24) is 4.57 Å². The van der Waals surface area contributed by atoms with Gasteiger partial charge in [0.2, 0.25) is 5.91 Å². The molecule has 3 aromatic rings. The van der Waals surface area contributed by atoms with Crippen LogP contribution in [0, 0.1) is 0 Å². The number of esters is 1. The Balaban J connectivity index is 1.39. The summed E-state index contributed by atoms with van der Waals surface area (Å²) in [5.41, 5.74) is 2.43. The number of rotatable bonds is 7. The molecule has 0 radical (unpaired) electrons. The molecule has 33 heavy (non-hydrogen) atoms. The second-order valence-electron chi connectivity index (χ2n) is 7.34.